The normalized spacial score (nSPS) is 23.2. The van der Waals surface area contributed by atoms with E-state index in [1.165, 1.54) is 6.42 Å². The van der Waals surface area contributed by atoms with E-state index in [9.17, 15) is 4.79 Å². The van der Waals surface area contributed by atoms with Crippen LogP contribution in [-0.2, 0) is 16.8 Å². The molecule has 1 aromatic heterocycles. The molecule has 2 aromatic rings. The van der Waals surface area contributed by atoms with Crippen LogP contribution in [0, 0.1) is 0 Å². The zero-order valence-corrected chi connectivity index (χ0v) is 17.0. The number of hydrogen-bond acceptors (Lipinski definition) is 5. The van der Waals surface area contributed by atoms with Gasteiger partial charge in [0.25, 0.3) is 0 Å². The summed E-state index contributed by atoms with van der Waals surface area (Å²) in [5.41, 5.74) is 2.59. The van der Waals surface area contributed by atoms with Crippen molar-refractivity contribution in [2.24, 2.45) is 0 Å². The number of amides is 2. The van der Waals surface area contributed by atoms with Gasteiger partial charge in [-0.05, 0) is 25.8 Å². The zero-order chi connectivity index (χ0) is 19.5. The average Bonchev–Trinajstić information content (AvgIpc) is 3.02. The summed E-state index contributed by atoms with van der Waals surface area (Å²) in [6.07, 6.45) is 5.09. The van der Waals surface area contributed by atoms with Gasteiger partial charge in [0.2, 0.25) is 5.89 Å². The first-order chi connectivity index (χ1) is 13.4. The second-order valence-corrected chi connectivity index (χ2v) is 8.99. The van der Waals surface area contributed by atoms with E-state index in [2.05, 4.69) is 22.5 Å². The molecule has 0 unspecified atom stereocenters. The molecular formula is C20H25ClN4O3. The quantitative estimate of drug-likeness (QED) is 0.808. The highest BCUT2D eigenvalue weighted by atomic mass is 35.5. The van der Waals surface area contributed by atoms with Gasteiger partial charge in [-0.3, -0.25) is 4.90 Å². The number of carbonyl (C=O) groups excluding carboxylic acids is 1. The van der Waals surface area contributed by atoms with Gasteiger partial charge < -0.3 is 19.8 Å². The summed E-state index contributed by atoms with van der Waals surface area (Å²) in [5, 5.41) is 6.57. The van der Waals surface area contributed by atoms with E-state index in [0.29, 0.717) is 23.1 Å². The van der Waals surface area contributed by atoms with E-state index in [4.69, 9.17) is 25.7 Å². The number of aromatic nitrogens is 1. The van der Waals surface area contributed by atoms with Crippen molar-refractivity contribution < 1.29 is 13.9 Å². The largest absolute Gasteiger partial charge is 0.439 e. The summed E-state index contributed by atoms with van der Waals surface area (Å²) >= 11 is 6.55. The lowest BCUT2D eigenvalue weighted by Crippen LogP contribution is -2.60. The van der Waals surface area contributed by atoms with Crippen molar-refractivity contribution in [3.63, 3.8) is 0 Å². The second kappa shape index (κ2) is 6.34. The molecule has 0 atom stereocenters. The van der Waals surface area contributed by atoms with E-state index >= 15 is 0 Å². The molecule has 7 nitrogen and oxygen atoms in total. The topological polar surface area (TPSA) is 79.6 Å². The smallest absolute Gasteiger partial charge is 0.319 e. The Morgan fingerprint density at radius 2 is 2.07 bits per heavy atom. The molecule has 1 saturated heterocycles. The monoisotopic (exact) mass is 404 g/mol. The van der Waals surface area contributed by atoms with Crippen molar-refractivity contribution in [3.8, 4) is 0 Å². The number of nitrogens with one attached hydrogen (secondary N) is 2. The third-order valence-electron chi connectivity index (χ3n) is 6.42. The molecule has 0 radical (unpaired) electrons. The molecule has 2 amide bonds. The van der Waals surface area contributed by atoms with E-state index in [0.717, 1.165) is 55.4 Å². The fourth-order valence-corrected chi connectivity index (χ4v) is 5.26. The Hall–Kier alpha value is -1.83. The zero-order valence-electron chi connectivity index (χ0n) is 16.2. The van der Waals surface area contributed by atoms with E-state index in [1.54, 1.807) is 13.2 Å². The molecule has 150 valence electrons. The Morgan fingerprint density at radius 3 is 2.79 bits per heavy atom. The number of rotatable bonds is 3. The Morgan fingerprint density at radius 1 is 1.32 bits per heavy atom. The van der Waals surface area contributed by atoms with Gasteiger partial charge in [0, 0.05) is 25.8 Å². The predicted octanol–water partition coefficient (Wildman–Crippen LogP) is 4.00. The number of nitrogens with zero attached hydrogens (tertiary/aromatic N) is 2. The first-order valence-electron chi connectivity index (χ1n) is 9.90. The maximum Gasteiger partial charge on any atom is 0.319 e. The van der Waals surface area contributed by atoms with Crippen molar-refractivity contribution in [1.29, 1.82) is 0 Å². The third-order valence-corrected chi connectivity index (χ3v) is 6.72. The molecule has 1 saturated carbocycles. The van der Waals surface area contributed by atoms with Crippen molar-refractivity contribution >= 4 is 34.4 Å². The van der Waals surface area contributed by atoms with Crippen molar-refractivity contribution in [1.82, 2.24) is 15.2 Å². The minimum absolute atomic E-state index is 0.0884. The van der Waals surface area contributed by atoms with Crippen LogP contribution in [-0.4, -0.2) is 41.7 Å². The van der Waals surface area contributed by atoms with Gasteiger partial charge >= 0.3 is 6.03 Å². The number of fused-ring (bicyclic) bond motifs is 4. The highest BCUT2D eigenvalue weighted by Gasteiger charge is 2.44. The molecule has 5 rings (SSSR count). The number of hydrogen-bond donors (Lipinski definition) is 2. The summed E-state index contributed by atoms with van der Waals surface area (Å²) in [4.78, 5) is 19.3. The number of benzene rings is 1. The molecule has 28 heavy (non-hydrogen) atoms. The van der Waals surface area contributed by atoms with Gasteiger partial charge in [-0.25, -0.2) is 9.78 Å². The average molecular weight is 405 g/mol. The van der Waals surface area contributed by atoms with Crippen LogP contribution in [0.15, 0.2) is 10.5 Å². The fourth-order valence-electron chi connectivity index (χ4n) is 5.01. The van der Waals surface area contributed by atoms with Gasteiger partial charge in [0.15, 0.2) is 5.58 Å². The van der Waals surface area contributed by atoms with E-state index in [-0.39, 0.29) is 11.6 Å². The fraction of sp³-hybridized carbons (Fsp3) is 0.600. The van der Waals surface area contributed by atoms with Crippen LogP contribution < -0.4 is 10.6 Å². The standard InChI is InChI=1S/C20H25ClN4O3/c1-19(27-2)10-25(11-19)9-14-22-13-8-12(21)16-15(17(13)28-14)20(24-18(26)23-16)6-4-3-5-7-20/h8H,3-7,9-11H2,1-2H3,(H2,23,24,26). The minimum atomic E-state index is -0.429. The summed E-state index contributed by atoms with van der Waals surface area (Å²) in [6.45, 7) is 4.44. The molecule has 1 spiro atoms. The van der Waals surface area contributed by atoms with Crippen LogP contribution in [0.4, 0.5) is 10.5 Å². The molecular weight excluding hydrogens is 380 g/mol. The number of likely N-dealkylation sites (tertiary alicyclic amines) is 1. The number of urea groups is 1. The van der Waals surface area contributed by atoms with Gasteiger partial charge in [-0.15, -0.1) is 0 Å². The lowest BCUT2D eigenvalue weighted by atomic mass is 9.74. The number of carbonyl (C=O) groups is 1. The van der Waals surface area contributed by atoms with Gasteiger partial charge in [-0.2, -0.15) is 0 Å². The molecule has 3 heterocycles. The molecule has 0 bridgehead atoms. The highest BCUT2D eigenvalue weighted by molar-refractivity contribution is 6.35. The summed E-state index contributed by atoms with van der Waals surface area (Å²) in [7, 11) is 1.75. The molecule has 2 fully saturated rings. The maximum atomic E-state index is 12.3. The van der Waals surface area contributed by atoms with Crippen LogP contribution in [0.2, 0.25) is 5.02 Å². The SMILES string of the molecule is COC1(C)CN(Cc2nc3cc(Cl)c4c(c3o2)C2(CCCCC2)NC(=O)N4)C1. The third kappa shape index (κ3) is 2.79. The first kappa shape index (κ1) is 18.2. The van der Waals surface area contributed by atoms with Gasteiger partial charge in [0.1, 0.15) is 5.52 Å². The van der Waals surface area contributed by atoms with Crippen molar-refractivity contribution in [3.05, 3.63) is 22.5 Å². The summed E-state index contributed by atoms with van der Waals surface area (Å²) < 4.78 is 11.8. The van der Waals surface area contributed by atoms with Crippen LogP contribution in [0.3, 0.4) is 0 Å². The van der Waals surface area contributed by atoms with Crippen molar-refractivity contribution in [2.75, 3.05) is 25.5 Å². The van der Waals surface area contributed by atoms with Crippen LogP contribution >= 0.6 is 11.6 Å². The molecule has 8 heteroatoms. The molecule has 3 aliphatic rings. The van der Waals surface area contributed by atoms with Gasteiger partial charge in [-0.1, -0.05) is 30.9 Å². The number of halogens is 1. The maximum absolute atomic E-state index is 12.3. The van der Waals surface area contributed by atoms with E-state index in [1.807, 2.05) is 0 Å². The van der Waals surface area contributed by atoms with Gasteiger partial charge in [0.05, 0.1) is 28.4 Å². The molecule has 1 aromatic carbocycles. The van der Waals surface area contributed by atoms with Crippen LogP contribution in [0.25, 0.3) is 11.1 Å². The Labute approximate surface area is 168 Å². The summed E-state index contributed by atoms with van der Waals surface area (Å²) in [6, 6.07) is 1.59. The Balaban J connectivity index is 1.55. The van der Waals surface area contributed by atoms with Crippen molar-refractivity contribution in [2.45, 2.75) is 56.7 Å². The molecule has 2 N–H and O–H groups in total. The first-order valence-corrected chi connectivity index (χ1v) is 10.3. The Bertz CT molecular complexity index is 945. The molecule has 1 aliphatic carbocycles. The lowest BCUT2D eigenvalue weighted by molar-refractivity contribution is -0.116. The molecule has 2 aliphatic heterocycles. The highest BCUT2D eigenvalue weighted by Crippen LogP contribution is 2.48. The second-order valence-electron chi connectivity index (χ2n) is 8.59. The summed E-state index contributed by atoms with van der Waals surface area (Å²) in [5.74, 6) is 0.667. The minimum Gasteiger partial charge on any atom is -0.439 e. The van der Waals surface area contributed by atoms with Crippen LogP contribution in [0.5, 0.6) is 0 Å². The number of methoxy groups -OCH3 is 1. The Kier molecular flexibility index (Phi) is 4.12. The number of ether oxygens (including phenoxy) is 1. The van der Waals surface area contributed by atoms with Crippen LogP contribution in [0.1, 0.15) is 50.5 Å². The number of anilines is 1. The lowest BCUT2D eigenvalue weighted by Gasteiger charge is -2.46. The van der Waals surface area contributed by atoms with E-state index < -0.39 is 5.54 Å². The number of oxazole rings is 1. The predicted molar refractivity (Wildman–Crippen MR) is 107 cm³/mol.